The van der Waals surface area contributed by atoms with Gasteiger partial charge < -0.3 is 10.1 Å². The van der Waals surface area contributed by atoms with Gasteiger partial charge >= 0.3 is 0 Å². The van der Waals surface area contributed by atoms with Crippen molar-refractivity contribution in [1.29, 1.82) is 0 Å². The van der Waals surface area contributed by atoms with Crippen LogP contribution in [0, 0.1) is 0 Å². The summed E-state index contributed by atoms with van der Waals surface area (Å²) in [5.41, 5.74) is 0.612. The molecule has 0 saturated carbocycles. The molecule has 30 heavy (non-hydrogen) atoms. The zero-order valence-electron chi connectivity index (χ0n) is 16.7. The Hall–Kier alpha value is -2.78. The molecule has 1 amide bonds. The predicted molar refractivity (Wildman–Crippen MR) is 121 cm³/mol. The van der Waals surface area contributed by atoms with Crippen LogP contribution in [0.25, 0.3) is 15.5 Å². The zero-order chi connectivity index (χ0) is 21.3. The molecule has 4 aromatic rings. The monoisotopic (exact) mass is 485 g/mol. The molecule has 0 aliphatic carbocycles. The number of nitrogens with one attached hydrogen (secondary N) is 1. The van der Waals surface area contributed by atoms with Crippen molar-refractivity contribution in [3.8, 4) is 16.3 Å². The number of aromatic nitrogens is 4. The summed E-state index contributed by atoms with van der Waals surface area (Å²) in [7, 11) is 0. The number of amides is 1. The van der Waals surface area contributed by atoms with E-state index in [9.17, 15) is 4.79 Å². The molecule has 0 spiro atoms. The van der Waals surface area contributed by atoms with Gasteiger partial charge in [0, 0.05) is 22.1 Å². The van der Waals surface area contributed by atoms with Crippen LogP contribution in [-0.2, 0) is 11.2 Å². The molecule has 0 unspecified atom stereocenters. The number of hydrogen-bond donors (Lipinski definition) is 1. The van der Waals surface area contributed by atoms with E-state index in [1.165, 1.54) is 11.3 Å². The predicted octanol–water partition coefficient (Wildman–Crippen LogP) is 4.97. The highest BCUT2D eigenvalue weighted by Gasteiger charge is 2.30. The summed E-state index contributed by atoms with van der Waals surface area (Å²) in [5, 5.41) is 16.6. The van der Waals surface area contributed by atoms with Crippen LogP contribution in [0.5, 0.6) is 5.75 Å². The van der Waals surface area contributed by atoms with Gasteiger partial charge in [-0.25, -0.2) is 0 Å². The van der Waals surface area contributed by atoms with Crippen LogP contribution >= 0.6 is 27.3 Å². The van der Waals surface area contributed by atoms with Gasteiger partial charge in [0.15, 0.2) is 11.4 Å². The van der Waals surface area contributed by atoms with E-state index in [0.717, 1.165) is 32.2 Å². The Morgan fingerprint density at radius 1 is 1.13 bits per heavy atom. The second-order valence-corrected chi connectivity index (χ2v) is 9.04. The number of carbonyl (C=O) groups excluding carboxylic acids is 1. The van der Waals surface area contributed by atoms with Crippen LogP contribution in [0.2, 0.25) is 0 Å². The SMILES string of the molecule is CCc1nnc2sc(-c3ccc(NC(=O)C(C)(C)Oc4ccc(Br)cc4)cc3)nn12. The standard InChI is InChI=1S/C21H20BrN5O2S/c1-4-17-24-25-20-27(17)26-18(30-20)13-5-9-15(10-6-13)23-19(28)21(2,3)29-16-11-7-14(22)8-12-16/h5-12H,4H2,1-3H3,(H,23,28). The molecule has 0 aliphatic rings. The van der Waals surface area contributed by atoms with E-state index in [2.05, 4.69) is 36.5 Å². The summed E-state index contributed by atoms with van der Waals surface area (Å²) in [4.78, 5) is 13.5. The summed E-state index contributed by atoms with van der Waals surface area (Å²) in [6, 6.07) is 14.9. The molecular formula is C21H20BrN5O2S. The molecule has 2 aromatic heterocycles. The molecule has 2 heterocycles. The van der Waals surface area contributed by atoms with Gasteiger partial charge in [0.1, 0.15) is 10.8 Å². The smallest absolute Gasteiger partial charge is 0.267 e. The number of ether oxygens (including phenoxy) is 1. The van der Waals surface area contributed by atoms with Crippen molar-refractivity contribution in [2.45, 2.75) is 32.8 Å². The molecule has 0 fully saturated rings. The highest BCUT2D eigenvalue weighted by atomic mass is 79.9. The second-order valence-electron chi connectivity index (χ2n) is 7.17. The molecule has 7 nitrogen and oxygen atoms in total. The highest BCUT2D eigenvalue weighted by molar-refractivity contribution is 9.10. The second kappa shape index (κ2) is 8.16. The average Bonchev–Trinajstić information content (AvgIpc) is 3.31. The van der Waals surface area contributed by atoms with Crippen LogP contribution in [0.1, 0.15) is 26.6 Å². The van der Waals surface area contributed by atoms with E-state index in [4.69, 9.17) is 4.74 Å². The fourth-order valence-corrected chi connectivity index (χ4v) is 3.94. The number of halogens is 1. The van der Waals surface area contributed by atoms with Gasteiger partial charge in [0.2, 0.25) is 4.96 Å². The molecule has 0 saturated heterocycles. The lowest BCUT2D eigenvalue weighted by Gasteiger charge is -2.25. The van der Waals surface area contributed by atoms with Gasteiger partial charge in [-0.05, 0) is 62.4 Å². The quantitative estimate of drug-likeness (QED) is 0.416. The summed E-state index contributed by atoms with van der Waals surface area (Å²) in [6.07, 6.45) is 0.771. The molecule has 154 valence electrons. The van der Waals surface area contributed by atoms with Crippen molar-refractivity contribution in [1.82, 2.24) is 19.8 Å². The third kappa shape index (κ3) is 4.22. The molecular weight excluding hydrogens is 466 g/mol. The Labute approximate surface area is 186 Å². The van der Waals surface area contributed by atoms with Gasteiger partial charge in [-0.1, -0.05) is 34.2 Å². The van der Waals surface area contributed by atoms with Crippen LogP contribution in [0.4, 0.5) is 5.69 Å². The van der Waals surface area contributed by atoms with Crippen molar-refractivity contribution in [3.05, 3.63) is 58.8 Å². The van der Waals surface area contributed by atoms with Gasteiger partial charge in [-0.2, -0.15) is 9.61 Å². The van der Waals surface area contributed by atoms with Crippen LogP contribution in [0.3, 0.4) is 0 Å². The van der Waals surface area contributed by atoms with Gasteiger partial charge in [-0.15, -0.1) is 10.2 Å². The molecule has 9 heteroatoms. The fourth-order valence-electron chi connectivity index (χ4n) is 2.82. The van der Waals surface area contributed by atoms with Crippen molar-refractivity contribution in [3.63, 3.8) is 0 Å². The average molecular weight is 486 g/mol. The minimum Gasteiger partial charge on any atom is -0.478 e. The molecule has 0 aliphatic heterocycles. The number of nitrogens with zero attached hydrogens (tertiary/aromatic N) is 4. The fraction of sp³-hybridized carbons (Fsp3) is 0.238. The Morgan fingerprint density at radius 2 is 1.83 bits per heavy atom. The number of anilines is 1. The summed E-state index contributed by atoms with van der Waals surface area (Å²) >= 11 is 4.87. The summed E-state index contributed by atoms with van der Waals surface area (Å²) in [5.74, 6) is 1.23. The maximum atomic E-state index is 12.7. The first-order chi connectivity index (χ1) is 14.4. The van der Waals surface area contributed by atoms with Crippen molar-refractivity contribution < 1.29 is 9.53 Å². The van der Waals surface area contributed by atoms with Gasteiger partial charge in [0.25, 0.3) is 5.91 Å². The van der Waals surface area contributed by atoms with E-state index < -0.39 is 5.60 Å². The van der Waals surface area contributed by atoms with E-state index in [-0.39, 0.29) is 5.91 Å². The van der Waals surface area contributed by atoms with E-state index in [1.54, 1.807) is 18.4 Å². The highest BCUT2D eigenvalue weighted by Crippen LogP contribution is 2.27. The first-order valence-corrected chi connectivity index (χ1v) is 11.0. The number of fused-ring (bicyclic) bond motifs is 1. The lowest BCUT2D eigenvalue weighted by Crippen LogP contribution is -2.42. The van der Waals surface area contributed by atoms with Gasteiger partial charge in [0.05, 0.1) is 0 Å². The third-order valence-electron chi connectivity index (χ3n) is 4.49. The molecule has 4 rings (SSSR count). The minimum atomic E-state index is -1.03. The molecule has 0 bridgehead atoms. The first-order valence-electron chi connectivity index (χ1n) is 9.43. The van der Waals surface area contributed by atoms with Crippen LogP contribution in [-0.4, -0.2) is 31.3 Å². The Balaban J connectivity index is 1.46. The molecule has 0 atom stereocenters. The number of benzene rings is 2. The number of carbonyl (C=O) groups is 1. The maximum absolute atomic E-state index is 12.7. The molecule has 0 radical (unpaired) electrons. The minimum absolute atomic E-state index is 0.232. The van der Waals surface area contributed by atoms with Crippen molar-refractivity contribution in [2.24, 2.45) is 0 Å². The topological polar surface area (TPSA) is 81.4 Å². The first kappa shape index (κ1) is 20.5. The van der Waals surface area contributed by atoms with Crippen molar-refractivity contribution >= 4 is 43.8 Å². The lowest BCUT2D eigenvalue weighted by molar-refractivity contribution is -0.128. The maximum Gasteiger partial charge on any atom is 0.267 e. The normalized spacial score (nSPS) is 11.6. The number of rotatable bonds is 6. The van der Waals surface area contributed by atoms with E-state index in [0.29, 0.717) is 11.4 Å². The summed E-state index contributed by atoms with van der Waals surface area (Å²) < 4.78 is 8.60. The largest absolute Gasteiger partial charge is 0.478 e. The number of aryl methyl sites for hydroxylation is 1. The van der Waals surface area contributed by atoms with Gasteiger partial charge in [-0.3, -0.25) is 4.79 Å². The Bertz CT molecular complexity index is 1180. The summed E-state index contributed by atoms with van der Waals surface area (Å²) in [6.45, 7) is 5.50. The third-order valence-corrected chi connectivity index (χ3v) is 5.97. The molecule has 2 aromatic carbocycles. The number of hydrogen-bond acceptors (Lipinski definition) is 6. The van der Waals surface area contributed by atoms with E-state index >= 15 is 0 Å². The molecule has 1 N–H and O–H groups in total. The Morgan fingerprint density at radius 3 is 2.50 bits per heavy atom. The van der Waals surface area contributed by atoms with Crippen LogP contribution < -0.4 is 10.1 Å². The van der Waals surface area contributed by atoms with Crippen molar-refractivity contribution in [2.75, 3.05) is 5.32 Å². The van der Waals surface area contributed by atoms with Crippen LogP contribution in [0.15, 0.2) is 53.0 Å². The zero-order valence-corrected chi connectivity index (χ0v) is 19.1. The Kier molecular flexibility index (Phi) is 5.57. The lowest BCUT2D eigenvalue weighted by atomic mass is 10.1. The van der Waals surface area contributed by atoms with E-state index in [1.807, 2.05) is 55.5 Å².